The number of likely N-dealkylation sites (tertiary alicyclic amines) is 1. The molecule has 1 saturated heterocycles. The van der Waals surface area contributed by atoms with Crippen LogP contribution in [0.3, 0.4) is 0 Å². The van der Waals surface area contributed by atoms with Crippen LogP contribution < -0.4 is 5.32 Å². The lowest BCUT2D eigenvalue weighted by atomic mass is 9.53. The molecule has 43 heavy (non-hydrogen) atoms. The molecule has 230 valence electrons. The van der Waals surface area contributed by atoms with Crippen molar-refractivity contribution < 1.29 is 23.5 Å². The molecule has 0 aromatic heterocycles. The third-order valence-corrected chi connectivity index (χ3v) is 12.2. The Morgan fingerprint density at radius 2 is 1.58 bits per heavy atom. The summed E-state index contributed by atoms with van der Waals surface area (Å²) in [6, 6.07) is 10.9. The van der Waals surface area contributed by atoms with Gasteiger partial charge in [-0.25, -0.2) is 9.18 Å². The number of nitrogens with one attached hydrogen (secondary N) is 1. The molecule has 8 fully saturated rings. The first kappa shape index (κ1) is 28.6. The molecule has 8 aliphatic rings. The van der Waals surface area contributed by atoms with E-state index in [-0.39, 0.29) is 32.0 Å². The SMILES string of the molecule is N#C[C@@H]1C[C@H](F)CN1C(=O)CN(C(=O)OCc1ccccc1)C12CCC(C(=O)NC3C4CC5CC(C4)CC3C5)(CC1)CC2. The fraction of sp³-hybridized carbons (Fsp3) is 0.706. The van der Waals surface area contributed by atoms with Crippen LogP contribution in [-0.4, -0.2) is 64.6 Å². The lowest BCUT2D eigenvalue weighted by Crippen LogP contribution is -2.64. The van der Waals surface area contributed by atoms with Gasteiger partial charge in [-0.3, -0.25) is 14.5 Å². The van der Waals surface area contributed by atoms with E-state index in [0.29, 0.717) is 56.4 Å². The zero-order chi connectivity index (χ0) is 29.8. The van der Waals surface area contributed by atoms with Gasteiger partial charge in [0.25, 0.3) is 0 Å². The van der Waals surface area contributed by atoms with Crippen LogP contribution in [0.4, 0.5) is 9.18 Å². The number of fused-ring (bicyclic) bond motifs is 3. The van der Waals surface area contributed by atoms with E-state index in [9.17, 15) is 24.0 Å². The van der Waals surface area contributed by atoms with Crippen LogP contribution in [0.5, 0.6) is 0 Å². The molecule has 6 bridgehead atoms. The molecule has 9 rings (SSSR count). The van der Waals surface area contributed by atoms with Crippen molar-refractivity contribution >= 4 is 17.9 Å². The zero-order valence-corrected chi connectivity index (χ0v) is 24.9. The number of hydrogen-bond donors (Lipinski definition) is 1. The fourth-order valence-electron chi connectivity index (χ4n) is 10.0. The van der Waals surface area contributed by atoms with Gasteiger partial charge in [0.15, 0.2) is 0 Å². The molecule has 0 unspecified atom stereocenters. The van der Waals surface area contributed by atoms with Crippen molar-refractivity contribution in [1.29, 1.82) is 5.26 Å². The Bertz CT molecular complexity index is 1240. The van der Waals surface area contributed by atoms with Crippen molar-refractivity contribution in [3.8, 4) is 6.07 Å². The van der Waals surface area contributed by atoms with E-state index >= 15 is 0 Å². The summed E-state index contributed by atoms with van der Waals surface area (Å²) in [7, 11) is 0. The standard InChI is InChI=1S/C34H43FN4O4/c35-27-17-28(18-36)38(19-27)29(40)20-39(32(42)43-21-22-4-2-1-3-5-22)34-9-6-33(7-10-34,8-11-34)31(41)37-30-25-13-23-12-24(15-25)16-26(30)14-23/h1-5,23-28,30H,6-17,19-21H2,(H,37,41)/t23?,24?,25?,26?,27-,28-,30?,33?,34?/m0/s1. The van der Waals surface area contributed by atoms with Gasteiger partial charge in [0.2, 0.25) is 11.8 Å². The number of nitriles is 1. The Labute approximate surface area is 253 Å². The summed E-state index contributed by atoms with van der Waals surface area (Å²) in [5, 5.41) is 13.1. The van der Waals surface area contributed by atoms with Crippen molar-refractivity contribution in [3.05, 3.63) is 35.9 Å². The maximum Gasteiger partial charge on any atom is 0.411 e. The minimum absolute atomic E-state index is 0.00646. The maximum absolute atomic E-state index is 14.2. The van der Waals surface area contributed by atoms with Crippen molar-refractivity contribution in [3.63, 3.8) is 0 Å². The van der Waals surface area contributed by atoms with Gasteiger partial charge in [0.05, 0.1) is 12.6 Å². The average Bonchev–Trinajstić information content (AvgIpc) is 3.42. The molecular weight excluding hydrogens is 547 g/mol. The molecule has 0 spiro atoms. The normalized spacial score (nSPS) is 38.9. The van der Waals surface area contributed by atoms with Crippen LogP contribution in [-0.2, 0) is 20.9 Å². The highest BCUT2D eigenvalue weighted by atomic mass is 19.1. The maximum atomic E-state index is 14.2. The Balaban J connectivity index is 1.05. The molecule has 7 saturated carbocycles. The number of amides is 3. The minimum Gasteiger partial charge on any atom is -0.445 e. The summed E-state index contributed by atoms with van der Waals surface area (Å²) in [5.41, 5.74) is -0.190. The Hall–Kier alpha value is -3.15. The van der Waals surface area contributed by atoms with Gasteiger partial charge in [0.1, 0.15) is 25.4 Å². The van der Waals surface area contributed by atoms with E-state index in [1.807, 2.05) is 36.4 Å². The van der Waals surface area contributed by atoms with Gasteiger partial charge in [0, 0.05) is 23.4 Å². The molecule has 0 radical (unpaired) electrons. The first-order valence-corrected chi connectivity index (χ1v) is 16.4. The second-order valence-electron chi connectivity index (χ2n) is 14.6. The van der Waals surface area contributed by atoms with E-state index in [2.05, 4.69) is 5.32 Å². The van der Waals surface area contributed by atoms with Crippen LogP contribution in [0, 0.1) is 40.4 Å². The Kier molecular flexibility index (Phi) is 7.38. The monoisotopic (exact) mass is 590 g/mol. The van der Waals surface area contributed by atoms with E-state index in [0.717, 1.165) is 17.4 Å². The molecule has 1 aliphatic heterocycles. The van der Waals surface area contributed by atoms with Crippen molar-refractivity contribution in [2.75, 3.05) is 13.1 Å². The summed E-state index contributed by atoms with van der Waals surface area (Å²) in [6.45, 7) is -0.314. The molecule has 1 aromatic carbocycles. The molecule has 9 heteroatoms. The van der Waals surface area contributed by atoms with Gasteiger partial charge < -0.3 is 15.0 Å². The number of nitrogens with zero attached hydrogens (tertiary/aromatic N) is 3. The summed E-state index contributed by atoms with van der Waals surface area (Å²) >= 11 is 0. The quantitative estimate of drug-likeness (QED) is 0.475. The smallest absolute Gasteiger partial charge is 0.411 e. The largest absolute Gasteiger partial charge is 0.445 e. The van der Waals surface area contributed by atoms with Gasteiger partial charge in [-0.05, 0) is 99.9 Å². The van der Waals surface area contributed by atoms with Crippen molar-refractivity contribution in [1.82, 2.24) is 15.1 Å². The minimum atomic E-state index is -1.25. The summed E-state index contributed by atoms with van der Waals surface area (Å²) < 4.78 is 19.9. The Morgan fingerprint density at radius 1 is 0.953 bits per heavy atom. The molecule has 3 amide bonds. The van der Waals surface area contributed by atoms with Crippen molar-refractivity contribution in [2.24, 2.45) is 29.1 Å². The number of halogens is 1. The molecule has 1 aromatic rings. The average molecular weight is 591 g/mol. The van der Waals surface area contributed by atoms with Crippen molar-refractivity contribution in [2.45, 2.75) is 107 Å². The van der Waals surface area contributed by atoms with E-state index in [4.69, 9.17) is 4.74 Å². The van der Waals surface area contributed by atoms with Crippen LogP contribution in [0.25, 0.3) is 0 Å². The zero-order valence-electron chi connectivity index (χ0n) is 24.9. The van der Waals surface area contributed by atoms with Crippen LogP contribution in [0.15, 0.2) is 30.3 Å². The third kappa shape index (κ3) is 5.19. The number of rotatable bonds is 7. The summed E-state index contributed by atoms with van der Waals surface area (Å²) in [6.07, 6.45) is 8.43. The van der Waals surface area contributed by atoms with E-state index in [1.165, 1.54) is 37.0 Å². The van der Waals surface area contributed by atoms with Gasteiger partial charge in [-0.15, -0.1) is 0 Å². The fourth-order valence-corrected chi connectivity index (χ4v) is 10.0. The first-order valence-electron chi connectivity index (χ1n) is 16.4. The molecule has 1 heterocycles. The number of benzene rings is 1. The lowest BCUT2D eigenvalue weighted by molar-refractivity contribution is -0.148. The number of alkyl halides is 1. The summed E-state index contributed by atoms with van der Waals surface area (Å²) in [5.74, 6) is 2.71. The molecule has 1 N–H and O–H groups in total. The number of hydrogen-bond acceptors (Lipinski definition) is 5. The molecule has 7 aliphatic carbocycles. The third-order valence-electron chi connectivity index (χ3n) is 12.2. The van der Waals surface area contributed by atoms with Crippen LogP contribution in [0.1, 0.15) is 82.6 Å². The van der Waals surface area contributed by atoms with Crippen LogP contribution in [0.2, 0.25) is 0 Å². The lowest BCUT2D eigenvalue weighted by Gasteiger charge is -2.58. The second-order valence-corrected chi connectivity index (χ2v) is 14.6. The molecule has 2 atom stereocenters. The van der Waals surface area contributed by atoms with Gasteiger partial charge in [-0.2, -0.15) is 5.26 Å². The predicted molar refractivity (Wildman–Crippen MR) is 156 cm³/mol. The highest BCUT2D eigenvalue weighted by Crippen LogP contribution is 2.57. The van der Waals surface area contributed by atoms with Gasteiger partial charge >= 0.3 is 6.09 Å². The molecular formula is C34H43FN4O4. The number of carbonyl (C=O) groups excluding carboxylic acids is 3. The Morgan fingerprint density at radius 3 is 2.19 bits per heavy atom. The van der Waals surface area contributed by atoms with Gasteiger partial charge in [-0.1, -0.05) is 30.3 Å². The number of ether oxygens (including phenoxy) is 1. The first-order chi connectivity index (χ1) is 20.8. The number of carbonyl (C=O) groups is 3. The predicted octanol–water partition coefficient (Wildman–Crippen LogP) is 5.12. The summed E-state index contributed by atoms with van der Waals surface area (Å²) in [4.78, 5) is 43.9. The highest BCUT2D eigenvalue weighted by Gasteiger charge is 2.58. The second kappa shape index (κ2) is 11.1. The van der Waals surface area contributed by atoms with Crippen LogP contribution >= 0.6 is 0 Å². The topological polar surface area (TPSA) is 103 Å². The van der Waals surface area contributed by atoms with E-state index in [1.54, 1.807) is 4.90 Å². The molecule has 8 nitrogen and oxygen atoms in total. The highest BCUT2D eigenvalue weighted by molar-refractivity contribution is 5.85. The van der Waals surface area contributed by atoms with E-state index < -0.39 is 35.2 Å².